The lowest BCUT2D eigenvalue weighted by atomic mass is 10.1. The van der Waals surface area contributed by atoms with Gasteiger partial charge in [-0.15, -0.1) is 0 Å². The number of imidazole rings is 1. The number of fused-ring (bicyclic) bond motifs is 1. The van der Waals surface area contributed by atoms with Gasteiger partial charge in [-0.05, 0) is 5.56 Å². The first-order valence-corrected chi connectivity index (χ1v) is 8.91. The molecule has 1 aliphatic rings. The lowest BCUT2D eigenvalue weighted by Gasteiger charge is -2.16. The van der Waals surface area contributed by atoms with Gasteiger partial charge in [0.1, 0.15) is 18.3 Å². The van der Waals surface area contributed by atoms with Crippen molar-refractivity contribution in [2.75, 3.05) is 11.9 Å². The molecule has 5 N–H and O–H groups in total. The zero-order valence-electron chi connectivity index (χ0n) is 15.1. The summed E-state index contributed by atoms with van der Waals surface area (Å²) >= 11 is 0. The predicted molar refractivity (Wildman–Crippen MR) is 99.9 cm³/mol. The number of aromatic amines is 1. The second kappa shape index (κ2) is 7.72. The Morgan fingerprint density at radius 2 is 2.00 bits per heavy atom. The van der Waals surface area contributed by atoms with Crippen molar-refractivity contribution < 1.29 is 24.9 Å². The molecule has 3 heterocycles. The van der Waals surface area contributed by atoms with Crippen LogP contribution in [0.25, 0.3) is 11.2 Å². The van der Waals surface area contributed by atoms with E-state index in [1.165, 1.54) is 10.9 Å². The van der Waals surface area contributed by atoms with Crippen molar-refractivity contribution in [3.05, 3.63) is 52.6 Å². The van der Waals surface area contributed by atoms with Crippen LogP contribution >= 0.6 is 0 Å². The quantitative estimate of drug-likeness (QED) is 0.360. The monoisotopic (exact) mass is 401 g/mol. The number of amides is 1. The molecule has 11 heteroatoms. The number of carbonyl (C=O) groups is 1. The Morgan fingerprint density at radius 1 is 1.24 bits per heavy atom. The molecule has 4 rings (SSSR count). The molecule has 1 amide bonds. The average molecular weight is 401 g/mol. The highest BCUT2D eigenvalue weighted by Gasteiger charge is 2.44. The SMILES string of the molecule is O=C(Cc1ccccc1)Nc1nc2c(ncn2[C@@H]2O[C@H](CO)[C@H](O)[C@H]2O)c(=O)[nH]1. The van der Waals surface area contributed by atoms with E-state index in [0.717, 1.165) is 5.56 Å². The highest BCUT2D eigenvalue weighted by molar-refractivity contribution is 5.91. The molecule has 11 nitrogen and oxygen atoms in total. The van der Waals surface area contributed by atoms with Crippen molar-refractivity contribution >= 4 is 23.0 Å². The second-order valence-corrected chi connectivity index (χ2v) is 6.68. The maximum absolute atomic E-state index is 12.3. The van der Waals surface area contributed by atoms with Crippen molar-refractivity contribution in [3.63, 3.8) is 0 Å². The summed E-state index contributed by atoms with van der Waals surface area (Å²) < 4.78 is 6.74. The smallest absolute Gasteiger partial charge is 0.280 e. The molecule has 1 saturated heterocycles. The Bertz CT molecular complexity index is 1080. The fourth-order valence-corrected chi connectivity index (χ4v) is 3.24. The maximum atomic E-state index is 12.3. The van der Waals surface area contributed by atoms with Crippen molar-refractivity contribution in [2.45, 2.75) is 31.0 Å². The van der Waals surface area contributed by atoms with Gasteiger partial charge in [0.25, 0.3) is 5.56 Å². The number of anilines is 1. The second-order valence-electron chi connectivity index (χ2n) is 6.68. The van der Waals surface area contributed by atoms with Gasteiger partial charge in [-0.3, -0.25) is 24.5 Å². The summed E-state index contributed by atoms with van der Waals surface area (Å²) in [4.78, 5) is 35.2. The summed E-state index contributed by atoms with van der Waals surface area (Å²) in [7, 11) is 0. The van der Waals surface area contributed by atoms with E-state index in [1.807, 2.05) is 18.2 Å². The van der Waals surface area contributed by atoms with Crippen LogP contribution in [-0.2, 0) is 16.0 Å². The number of rotatable bonds is 5. The van der Waals surface area contributed by atoms with E-state index in [4.69, 9.17) is 4.74 Å². The molecule has 0 bridgehead atoms. The van der Waals surface area contributed by atoms with Crippen LogP contribution in [0.1, 0.15) is 11.8 Å². The van der Waals surface area contributed by atoms with Crippen molar-refractivity contribution in [1.82, 2.24) is 19.5 Å². The average Bonchev–Trinajstić information content (AvgIpc) is 3.24. The van der Waals surface area contributed by atoms with Gasteiger partial charge in [0.05, 0.1) is 19.4 Å². The zero-order valence-corrected chi connectivity index (χ0v) is 15.1. The standard InChI is InChI=1S/C18H19N5O6/c24-7-10-13(26)14(27)17(29-10)23-8-19-12-15(23)21-18(22-16(12)28)20-11(25)6-9-4-2-1-3-5-9/h1-5,8,10,13-14,17,24,26-27H,6-7H2,(H2,20,21,22,25,28)/t10-,13+,14-,17-/m1/s1. The fraction of sp³-hybridized carbons (Fsp3) is 0.333. The molecule has 2 aromatic heterocycles. The molecule has 3 aromatic rings. The highest BCUT2D eigenvalue weighted by Crippen LogP contribution is 2.30. The first-order chi connectivity index (χ1) is 14.0. The Labute approximate surface area is 163 Å². The maximum Gasteiger partial charge on any atom is 0.280 e. The van der Waals surface area contributed by atoms with E-state index < -0.39 is 36.7 Å². The van der Waals surface area contributed by atoms with Crippen LogP contribution in [0.4, 0.5) is 5.95 Å². The molecule has 152 valence electrons. The summed E-state index contributed by atoms with van der Waals surface area (Å²) in [6.45, 7) is -0.490. The third-order valence-corrected chi connectivity index (χ3v) is 4.69. The van der Waals surface area contributed by atoms with Crippen LogP contribution in [0.15, 0.2) is 41.5 Å². The van der Waals surface area contributed by atoms with Gasteiger partial charge < -0.3 is 20.1 Å². The van der Waals surface area contributed by atoms with E-state index in [9.17, 15) is 24.9 Å². The van der Waals surface area contributed by atoms with E-state index in [-0.39, 0.29) is 29.4 Å². The number of aromatic nitrogens is 4. The van der Waals surface area contributed by atoms with Crippen molar-refractivity contribution in [2.24, 2.45) is 0 Å². The van der Waals surface area contributed by atoms with Crippen LogP contribution in [-0.4, -0.2) is 65.7 Å². The number of nitrogens with one attached hydrogen (secondary N) is 2. The van der Waals surface area contributed by atoms with Crippen LogP contribution in [0, 0.1) is 0 Å². The fourth-order valence-electron chi connectivity index (χ4n) is 3.24. The number of hydrogen-bond acceptors (Lipinski definition) is 8. The Hall–Kier alpha value is -3.12. The Morgan fingerprint density at radius 3 is 2.69 bits per heavy atom. The van der Waals surface area contributed by atoms with Crippen LogP contribution in [0.5, 0.6) is 0 Å². The van der Waals surface area contributed by atoms with Crippen LogP contribution in [0.3, 0.4) is 0 Å². The van der Waals surface area contributed by atoms with Gasteiger partial charge in [-0.25, -0.2) is 4.98 Å². The number of carbonyl (C=O) groups excluding carboxylic acids is 1. The number of nitrogens with zero attached hydrogens (tertiary/aromatic N) is 3. The molecule has 1 fully saturated rings. The molecule has 1 aliphatic heterocycles. The zero-order chi connectivity index (χ0) is 20.5. The Kier molecular flexibility index (Phi) is 5.11. The molecule has 0 unspecified atom stereocenters. The molecule has 0 spiro atoms. The van der Waals surface area contributed by atoms with E-state index in [0.29, 0.717) is 0 Å². The molecular weight excluding hydrogens is 382 g/mol. The molecule has 29 heavy (non-hydrogen) atoms. The van der Waals surface area contributed by atoms with Gasteiger partial charge in [-0.1, -0.05) is 30.3 Å². The predicted octanol–water partition coefficient (Wildman–Crippen LogP) is -1.09. The Balaban J connectivity index is 1.62. The van der Waals surface area contributed by atoms with E-state index >= 15 is 0 Å². The summed E-state index contributed by atoms with van der Waals surface area (Å²) in [5.41, 5.74) is 0.239. The lowest BCUT2D eigenvalue weighted by Crippen LogP contribution is -2.33. The summed E-state index contributed by atoms with van der Waals surface area (Å²) in [5, 5.41) is 32.0. The number of ether oxygens (including phenoxy) is 1. The summed E-state index contributed by atoms with van der Waals surface area (Å²) in [5.74, 6) is -0.463. The largest absolute Gasteiger partial charge is 0.394 e. The first kappa shape index (κ1) is 19.2. The van der Waals surface area contributed by atoms with Crippen LogP contribution in [0.2, 0.25) is 0 Å². The van der Waals surface area contributed by atoms with Crippen LogP contribution < -0.4 is 10.9 Å². The minimum Gasteiger partial charge on any atom is -0.394 e. The number of H-pyrrole nitrogens is 1. The van der Waals surface area contributed by atoms with Gasteiger partial charge in [0.15, 0.2) is 17.4 Å². The third kappa shape index (κ3) is 3.63. The number of aliphatic hydroxyl groups excluding tert-OH is 3. The lowest BCUT2D eigenvalue weighted by molar-refractivity contribution is -0.115. The van der Waals surface area contributed by atoms with E-state index in [1.54, 1.807) is 12.1 Å². The van der Waals surface area contributed by atoms with Gasteiger partial charge >= 0.3 is 0 Å². The van der Waals surface area contributed by atoms with E-state index in [2.05, 4.69) is 20.3 Å². The summed E-state index contributed by atoms with van der Waals surface area (Å²) in [6.07, 6.45) is -3.43. The van der Waals surface area contributed by atoms with Gasteiger partial charge in [-0.2, -0.15) is 4.98 Å². The van der Waals surface area contributed by atoms with Crippen molar-refractivity contribution in [3.8, 4) is 0 Å². The normalized spacial score (nSPS) is 24.1. The molecule has 0 aliphatic carbocycles. The number of aliphatic hydroxyl groups is 3. The minimum atomic E-state index is -1.36. The molecule has 0 radical (unpaired) electrons. The summed E-state index contributed by atoms with van der Waals surface area (Å²) in [6, 6.07) is 9.07. The van der Waals surface area contributed by atoms with Gasteiger partial charge in [0, 0.05) is 0 Å². The molecular formula is C18H19N5O6. The van der Waals surface area contributed by atoms with Gasteiger partial charge in [0.2, 0.25) is 11.9 Å². The molecule has 0 saturated carbocycles. The number of hydrogen-bond donors (Lipinski definition) is 5. The third-order valence-electron chi connectivity index (χ3n) is 4.69. The molecule has 1 aromatic carbocycles. The minimum absolute atomic E-state index is 0.0243. The first-order valence-electron chi connectivity index (χ1n) is 8.91. The topological polar surface area (TPSA) is 163 Å². The number of benzene rings is 1. The van der Waals surface area contributed by atoms with Crippen molar-refractivity contribution in [1.29, 1.82) is 0 Å². The highest BCUT2D eigenvalue weighted by atomic mass is 16.6. The molecule has 4 atom stereocenters.